The van der Waals surface area contributed by atoms with Crippen LogP contribution in [0.5, 0.6) is 0 Å². The summed E-state index contributed by atoms with van der Waals surface area (Å²) < 4.78 is 18.7. The lowest BCUT2D eigenvalue weighted by Crippen LogP contribution is -2.17. The second-order valence-electron chi connectivity index (χ2n) is 7.26. The van der Waals surface area contributed by atoms with Gasteiger partial charge in [0.25, 0.3) is 0 Å². The summed E-state index contributed by atoms with van der Waals surface area (Å²) in [6.45, 7) is 8.32. The maximum atomic E-state index is 14.0. The molecule has 3 rings (SSSR count). The summed E-state index contributed by atoms with van der Waals surface area (Å²) in [4.78, 5) is 7.13. The largest absolute Gasteiger partial charge is 0.406 e. The fraction of sp³-hybridized carbons (Fsp3) is 0.200. The Morgan fingerprint density at radius 3 is 2.64 bits per heavy atom. The first-order chi connectivity index (χ1) is 15.8. The number of nitrogens with zero attached hydrogens (tertiary/aromatic N) is 1. The van der Waals surface area contributed by atoms with E-state index in [0.717, 1.165) is 27.3 Å². The van der Waals surface area contributed by atoms with Gasteiger partial charge in [0.05, 0.1) is 17.3 Å². The molecule has 1 unspecified atom stereocenters. The molecular formula is C25H25Cl2FN2O2S. The first-order valence-electron chi connectivity index (χ1n) is 10.3. The summed E-state index contributed by atoms with van der Waals surface area (Å²) in [7, 11) is 0. The van der Waals surface area contributed by atoms with E-state index >= 15 is 0 Å². The summed E-state index contributed by atoms with van der Waals surface area (Å²) >= 11 is 13.9. The molecule has 0 aliphatic rings. The van der Waals surface area contributed by atoms with Crippen molar-refractivity contribution in [2.24, 2.45) is 0 Å². The number of rotatable bonds is 10. The SMILES string of the molecule is C=C/C(=C\c1c(C)ccn1OC(C)c1c(Cl)ccc(F)c1Cl)c1ccc(SNCCO)cc1. The topological polar surface area (TPSA) is 46.4 Å². The average molecular weight is 507 g/mol. The molecular weight excluding hydrogens is 482 g/mol. The van der Waals surface area contributed by atoms with Gasteiger partial charge in [-0.3, -0.25) is 4.72 Å². The van der Waals surface area contributed by atoms with E-state index in [-0.39, 0.29) is 11.6 Å². The average Bonchev–Trinajstić information content (AvgIpc) is 3.14. The fourth-order valence-corrected chi connectivity index (χ4v) is 4.54. The maximum Gasteiger partial charge on any atom is 0.150 e. The molecule has 174 valence electrons. The van der Waals surface area contributed by atoms with Gasteiger partial charge in [0, 0.05) is 28.2 Å². The molecule has 3 aromatic rings. The second kappa shape index (κ2) is 11.8. The van der Waals surface area contributed by atoms with Crippen molar-refractivity contribution in [1.29, 1.82) is 0 Å². The summed E-state index contributed by atoms with van der Waals surface area (Å²) in [5.41, 5.74) is 4.12. The second-order valence-corrected chi connectivity index (χ2v) is 9.01. The molecule has 0 aliphatic heterocycles. The number of hydrogen-bond acceptors (Lipinski definition) is 4. The van der Waals surface area contributed by atoms with Gasteiger partial charge < -0.3 is 9.94 Å². The van der Waals surface area contributed by atoms with E-state index in [1.165, 1.54) is 24.1 Å². The van der Waals surface area contributed by atoms with Crippen molar-refractivity contribution in [3.8, 4) is 0 Å². The first kappa shape index (κ1) is 25.4. The van der Waals surface area contributed by atoms with Crippen LogP contribution < -0.4 is 9.56 Å². The number of hydrogen-bond donors (Lipinski definition) is 2. The lowest BCUT2D eigenvalue weighted by Gasteiger charge is -2.19. The van der Waals surface area contributed by atoms with Crippen LogP contribution in [0.1, 0.15) is 35.4 Å². The van der Waals surface area contributed by atoms with Gasteiger partial charge in [0.1, 0.15) is 5.82 Å². The number of aryl methyl sites for hydroxylation is 1. The van der Waals surface area contributed by atoms with Crippen molar-refractivity contribution in [2.45, 2.75) is 24.8 Å². The van der Waals surface area contributed by atoms with Crippen molar-refractivity contribution in [3.05, 3.63) is 99.6 Å². The van der Waals surface area contributed by atoms with E-state index in [9.17, 15) is 4.39 Å². The van der Waals surface area contributed by atoms with Crippen molar-refractivity contribution in [2.75, 3.05) is 13.2 Å². The van der Waals surface area contributed by atoms with Crippen LogP contribution in [0, 0.1) is 12.7 Å². The minimum absolute atomic E-state index is 0.0470. The summed E-state index contributed by atoms with van der Waals surface area (Å²) in [5, 5.41) is 9.18. The molecule has 0 bridgehead atoms. The number of halogens is 3. The lowest BCUT2D eigenvalue weighted by atomic mass is 10.0. The van der Waals surface area contributed by atoms with Gasteiger partial charge in [0.2, 0.25) is 0 Å². The number of allylic oxidation sites excluding steroid dienone is 2. The van der Waals surface area contributed by atoms with Crippen LogP contribution in [0.25, 0.3) is 11.6 Å². The molecule has 1 atom stereocenters. The number of benzene rings is 2. The van der Waals surface area contributed by atoms with Crippen LogP contribution in [-0.2, 0) is 0 Å². The van der Waals surface area contributed by atoms with Gasteiger partial charge in [-0.2, -0.15) is 4.73 Å². The molecule has 0 aliphatic carbocycles. The molecule has 2 N–H and O–H groups in total. The molecule has 0 saturated heterocycles. The molecule has 1 aromatic heterocycles. The minimum atomic E-state index is -0.588. The van der Waals surface area contributed by atoms with E-state index in [1.807, 2.05) is 43.3 Å². The van der Waals surface area contributed by atoms with Gasteiger partial charge in [0.15, 0.2) is 6.10 Å². The predicted molar refractivity (Wildman–Crippen MR) is 136 cm³/mol. The van der Waals surface area contributed by atoms with Gasteiger partial charge in [-0.05, 0) is 78.9 Å². The van der Waals surface area contributed by atoms with Gasteiger partial charge in [-0.25, -0.2) is 4.39 Å². The van der Waals surface area contributed by atoms with Gasteiger partial charge >= 0.3 is 0 Å². The van der Waals surface area contributed by atoms with Gasteiger partial charge in [-0.1, -0.05) is 48.0 Å². The van der Waals surface area contributed by atoms with Crippen molar-refractivity contribution >= 4 is 46.8 Å². The number of aliphatic hydroxyl groups excluding tert-OH is 1. The Morgan fingerprint density at radius 1 is 1.24 bits per heavy atom. The van der Waals surface area contributed by atoms with E-state index in [4.69, 9.17) is 33.1 Å². The molecule has 1 heterocycles. The Hall–Kier alpha value is -2.22. The zero-order valence-electron chi connectivity index (χ0n) is 18.3. The Kier molecular flexibility index (Phi) is 9.06. The van der Waals surface area contributed by atoms with Crippen molar-refractivity contribution in [3.63, 3.8) is 0 Å². The predicted octanol–water partition coefficient (Wildman–Crippen LogP) is 6.75. The molecule has 0 spiro atoms. The number of aliphatic hydroxyl groups is 1. The summed E-state index contributed by atoms with van der Waals surface area (Å²) in [6, 6.07) is 12.7. The molecule has 8 heteroatoms. The third kappa shape index (κ3) is 6.22. The third-order valence-corrected chi connectivity index (χ3v) is 6.53. The molecule has 0 fully saturated rings. The third-order valence-electron chi connectivity index (χ3n) is 4.96. The van der Waals surface area contributed by atoms with Crippen molar-refractivity contribution < 1.29 is 14.3 Å². The fourth-order valence-electron chi connectivity index (χ4n) is 3.23. The summed E-state index contributed by atoms with van der Waals surface area (Å²) in [6.07, 6.45) is 4.98. The quantitative estimate of drug-likeness (QED) is 0.138. The smallest absolute Gasteiger partial charge is 0.150 e. The van der Waals surface area contributed by atoms with E-state index in [0.29, 0.717) is 17.1 Å². The zero-order valence-corrected chi connectivity index (χ0v) is 20.6. The molecule has 0 radical (unpaired) electrons. The van der Waals surface area contributed by atoms with Crippen LogP contribution in [0.3, 0.4) is 0 Å². The molecule has 0 saturated carbocycles. The van der Waals surface area contributed by atoms with E-state index in [1.54, 1.807) is 23.9 Å². The highest BCUT2D eigenvalue weighted by Gasteiger charge is 2.20. The number of nitrogens with one attached hydrogen (secondary N) is 1. The minimum Gasteiger partial charge on any atom is -0.406 e. The zero-order chi connectivity index (χ0) is 24.0. The molecule has 33 heavy (non-hydrogen) atoms. The Bertz CT molecular complexity index is 1150. The molecule has 0 amide bonds. The van der Waals surface area contributed by atoms with E-state index in [2.05, 4.69) is 11.3 Å². The highest BCUT2D eigenvalue weighted by molar-refractivity contribution is 7.97. The Labute approximate surface area is 207 Å². The maximum absolute atomic E-state index is 14.0. The van der Waals surface area contributed by atoms with Gasteiger partial charge in [-0.15, -0.1) is 0 Å². The monoisotopic (exact) mass is 506 g/mol. The highest BCUT2D eigenvalue weighted by atomic mass is 35.5. The van der Waals surface area contributed by atoms with Crippen LogP contribution in [-0.4, -0.2) is 23.0 Å². The Balaban J connectivity index is 1.86. The number of aromatic nitrogens is 1. The first-order valence-corrected chi connectivity index (χ1v) is 11.9. The Morgan fingerprint density at radius 2 is 1.97 bits per heavy atom. The molecule has 4 nitrogen and oxygen atoms in total. The standard InChI is InChI=1S/C25H25Cl2FN2O2S/c1-4-18(19-5-7-20(8-6-19)33-29-12-14-31)15-23-16(2)11-13-30(23)32-17(3)24-21(26)9-10-22(28)25(24)27/h4-11,13,15,17,29,31H,1,12,14H2,2-3H3/b18-15+. The normalized spacial score (nSPS) is 12.6. The van der Waals surface area contributed by atoms with E-state index < -0.39 is 11.9 Å². The highest BCUT2D eigenvalue weighted by Crippen LogP contribution is 2.33. The van der Waals surface area contributed by atoms with Crippen molar-refractivity contribution in [1.82, 2.24) is 9.45 Å². The van der Waals surface area contributed by atoms with Crippen LogP contribution in [0.2, 0.25) is 10.0 Å². The van der Waals surface area contributed by atoms with Crippen LogP contribution >= 0.6 is 35.1 Å². The van der Waals surface area contributed by atoms with Crippen LogP contribution in [0.4, 0.5) is 4.39 Å². The lowest BCUT2D eigenvalue weighted by molar-refractivity contribution is 0.0470. The van der Waals surface area contributed by atoms with Crippen LogP contribution in [0.15, 0.2) is 66.2 Å². The summed E-state index contributed by atoms with van der Waals surface area (Å²) in [5.74, 6) is -0.544. The molecule has 2 aromatic carbocycles.